The number of nitrogens with one attached hydrogen (secondary N) is 1. The molecule has 1 aliphatic rings. The van der Waals surface area contributed by atoms with E-state index in [0.717, 1.165) is 42.7 Å². The third kappa shape index (κ3) is 4.48. The van der Waals surface area contributed by atoms with Crippen molar-refractivity contribution in [2.75, 3.05) is 13.1 Å². The molecule has 0 radical (unpaired) electrons. The molecule has 0 spiro atoms. The fraction of sp³-hybridized carbons (Fsp3) is 0.300. The van der Waals surface area contributed by atoms with Crippen molar-refractivity contribution in [2.24, 2.45) is 0 Å². The van der Waals surface area contributed by atoms with Crippen LogP contribution in [0.5, 0.6) is 0 Å². The molecule has 7 heteroatoms. The molecule has 0 unspecified atom stereocenters. The lowest BCUT2D eigenvalue weighted by Gasteiger charge is -2.25. The first-order chi connectivity index (χ1) is 12.9. The molecule has 4 nitrogen and oxygen atoms in total. The quantitative estimate of drug-likeness (QED) is 0.883. The Hall–Kier alpha value is -2.83. The Morgan fingerprint density at radius 2 is 1.70 bits per heavy atom. The van der Waals surface area contributed by atoms with Crippen LogP contribution in [0, 0.1) is 0 Å². The van der Waals surface area contributed by atoms with Crippen LogP contribution in [0.3, 0.4) is 0 Å². The van der Waals surface area contributed by atoms with Gasteiger partial charge in [0.15, 0.2) is 0 Å². The van der Waals surface area contributed by atoms with E-state index in [1.165, 1.54) is 0 Å². The molecule has 2 amide bonds. The van der Waals surface area contributed by atoms with Gasteiger partial charge in [0.05, 0.1) is 18.2 Å². The average Bonchev–Trinajstić information content (AvgIpc) is 3.16. The number of alkyl halides is 3. The molecule has 1 atom stereocenters. The van der Waals surface area contributed by atoms with Gasteiger partial charge < -0.3 is 10.2 Å². The molecule has 2 aromatic rings. The number of carbonyl (C=O) groups excluding carboxylic acids is 2. The average molecular weight is 376 g/mol. The van der Waals surface area contributed by atoms with Crippen LogP contribution >= 0.6 is 0 Å². The van der Waals surface area contributed by atoms with Crippen molar-refractivity contribution in [3.8, 4) is 0 Å². The van der Waals surface area contributed by atoms with Gasteiger partial charge in [-0.2, -0.15) is 13.2 Å². The zero-order valence-electron chi connectivity index (χ0n) is 14.5. The van der Waals surface area contributed by atoms with Gasteiger partial charge in [0.2, 0.25) is 5.91 Å². The Morgan fingerprint density at radius 3 is 2.33 bits per heavy atom. The first-order valence-corrected chi connectivity index (χ1v) is 8.66. The molecule has 27 heavy (non-hydrogen) atoms. The lowest BCUT2D eigenvalue weighted by Crippen LogP contribution is -2.39. The molecule has 1 fully saturated rings. The first-order valence-electron chi connectivity index (χ1n) is 8.66. The van der Waals surface area contributed by atoms with Gasteiger partial charge in [-0.25, -0.2) is 0 Å². The Labute approximate surface area is 155 Å². The number of likely N-dealkylation sites (tertiary alicyclic amines) is 1. The fourth-order valence-corrected chi connectivity index (χ4v) is 3.26. The molecule has 142 valence electrons. The van der Waals surface area contributed by atoms with E-state index in [9.17, 15) is 22.8 Å². The summed E-state index contributed by atoms with van der Waals surface area (Å²) in [7, 11) is 0. The number of hydrogen-bond donors (Lipinski definition) is 1. The van der Waals surface area contributed by atoms with E-state index in [1.54, 1.807) is 4.90 Å². The molecule has 1 heterocycles. The van der Waals surface area contributed by atoms with Crippen molar-refractivity contribution in [1.29, 1.82) is 0 Å². The zero-order chi connectivity index (χ0) is 19.4. The smallest absolute Gasteiger partial charge is 0.343 e. The maximum atomic E-state index is 12.6. The van der Waals surface area contributed by atoms with Gasteiger partial charge in [-0.15, -0.1) is 0 Å². The van der Waals surface area contributed by atoms with Crippen molar-refractivity contribution < 1.29 is 22.8 Å². The molecule has 0 saturated carbocycles. The van der Waals surface area contributed by atoms with Crippen molar-refractivity contribution in [3.63, 3.8) is 0 Å². The molecule has 1 saturated heterocycles. The van der Waals surface area contributed by atoms with E-state index >= 15 is 0 Å². The summed E-state index contributed by atoms with van der Waals surface area (Å²) in [5.74, 6) is -0.783. The minimum atomic E-state index is -4.45. The van der Waals surface area contributed by atoms with Crippen LogP contribution in [0.2, 0.25) is 0 Å². The van der Waals surface area contributed by atoms with Crippen LogP contribution < -0.4 is 5.32 Å². The second-order valence-electron chi connectivity index (χ2n) is 6.41. The number of halogens is 3. The Morgan fingerprint density at radius 1 is 1.04 bits per heavy atom. The highest BCUT2D eigenvalue weighted by Crippen LogP contribution is 2.31. The number of hydrogen-bond acceptors (Lipinski definition) is 2. The van der Waals surface area contributed by atoms with Gasteiger partial charge in [-0.05, 0) is 42.7 Å². The third-order valence-electron chi connectivity index (χ3n) is 4.63. The standard InChI is InChI=1S/C20H19F3N2O2/c21-20(22,23)16-10-8-15(9-11-16)19(27)24-13-18(26)25-12-4-7-17(25)14-5-2-1-3-6-14/h1-3,5-6,8-11,17H,4,7,12-13H2,(H,24,27)/t17-/m1/s1. The maximum Gasteiger partial charge on any atom is 0.416 e. The van der Waals surface area contributed by atoms with E-state index in [1.807, 2.05) is 30.3 Å². The van der Waals surface area contributed by atoms with Gasteiger partial charge in [0, 0.05) is 12.1 Å². The molecule has 0 aliphatic carbocycles. The van der Waals surface area contributed by atoms with Crippen LogP contribution in [0.1, 0.15) is 40.4 Å². The summed E-state index contributed by atoms with van der Waals surface area (Å²) in [5.41, 5.74) is 0.312. The molecule has 2 aromatic carbocycles. The van der Waals surface area contributed by atoms with E-state index in [2.05, 4.69) is 5.32 Å². The van der Waals surface area contributed by atoms with Crippen molar-refractivity contribution >= 4 is 11.8 Å². The Balaban J connectivity index is 1.59. The predicted octanol–water partition coefficient (Wildman–Crippen LogP) is 3.80. The van der Waals surface area contributed by atoms with Gasteiger partial charge in [-0.3, -0.25) is 9.59 Å². The van der Waals surface area contributed by atoms with Gasteiger partial charge in [-0.1, -0.05) is 30.3 Å². The van der Waals surface area contributed by atoms with Crippen LogP contribution in [0.25, 0.3) is 0 Å². The highest BCUT2D eigenvalue weighted by atomic mass is 19.4. The first kappa shape index (κ1) is 18.9. The molecule has 0 aromatic heterocycles. The van der Waals surface area contributed by atoms with E-state index < -0.39 is 17.6 Å². The van der Waals surface area contributed by atoms with Crippen LogP contribution in [0.15, 0.2) is 54.6 Å². The molecular weight excluding hydrogens is 357 g/mol. The van der Waals surface area contributed by atoms with E-state index in [-0.39, 0.29) is 24.1 Å². The number of rotatable bonds is 4. The SMILES string of the molecule is O=C(NCC(=O)N1CCC[C@@H]1c1ccccc1)c1ccc(C(F)(F)F)cc1. The summed E-state index contributed by atoms with van der Waals surface area (Å²) in [5, 5.41) is 2.49. The lowest BCUT2D eigenvalue weighted by atomic mass is 10.0. The van der Waals surface area contributed by atoms with E-state index in [0.29, 0.717) is 6.54 Å². The Kier molecular flexibility index (Phi) is 5.48. The van der Waals surface area contributed by atoms with Crippen molar-refractivity contribution in [1.82, 2.24) is 10.2 Å². The topological polar surface area (TPSA) is 49.4 Å². The Bertz CT molecular complexity index is 804. The predicted molar refractivity (Wildman–Crippen MR) is 93.9 cm³/mol. The number of nitrogens with zero attached hydrogens (tertiary/aromatic N) is 1. The van der Waals surface area contributed by atoms with Gasteiger partial charge >= 0.3 is 6.18 Å². The summed E-state index contributed by atoms with van der Waals surface area (Å²) < 4.78 is 37.7. The molecule has 3 rings (SSSR count). The minimum absolute atomic E-state index is 0.0123. The monoisotopic (exact) mass is 376 g/mol. The highest BCUT2D eigenvalue weighted by Gasteiger charge is 2.31. The largest absolute Gasteiger partial charge is 0.416 e. The number of carbonyl (C=O) groups is 2. The second-order valence-corrected chi connectivity index (χ2v) is 6.41. The van der Waals surface area contributed by atoms with E-state index in [4.69, 9.17) is 0 Å². The molecule has 0 bridgehead atoms. The van der Waals surface area contributed by atoms with Crippen molar-refractivity contribution in [3.05, 3.63) is 71.3 Å². The van der Waals surface area contributed by atoms with Crippen molar-refractivity contribution in [2.45, 2.75) is 25.1 Å². The minimum Gasteiger partial charge on any atom is -0.343 e. The summed E-state index contributed by atoms with van der Waals surface area (Å²) in [6, 6.07) is 13.6. The molecular formula is C20H19F3N2O2. The normalized spacial score (nSPS) is 17.0. The summed E-state index contributed by atoms with van der Waals surface area (Å²) in [6.07, 6.45) is -2.70. The third-order valence-corrected chi connectivity index (χ3v) is 4.63. The number of amides is 2. The summed E-state index contributed by atoms with van der Waals surface area (Å²) in [4.78, 5) is 26.4. The van der Waals surface area contributed by atoms with Crippen LogP contribution in [-0.2, 0) is 11.0 Å². The zero-order valence-corrected chi connectivity index (χ0v) is 14.5. The van der Waals surface area contributed by atoms with Gasteiger partial charge in [0.1, 0.15) is 0 Å². The second kappa shape index (κ2) is 7.82. The lowest BCUT2D eigenvalue weighted by molar-refractivity contribution is -0.137. The van der Waals surface area contributed by atoms with Crippen LogP contribution in [0.4, 0.5) is 13.2 Å². The summed E-state index contributed by atoms with van der Waals surface area (Å²) >= 11 is 0. The summed E-state index contributed by atoms with van der Waals surface area (Å²) in [6.45, 7) is 0.428. The molecule has 1 N–H and O–H groups in total. The number of benzene rings is 2. The fourth-order valence-electron chi connectivity index (χ4n) is 3.26. The van der Waals surface area contributed by atoms with Gasteiger partial charge in [0.25, 0.3) is 5.91 Å². The molecule has 1 aliphatic heterocycles. The highest BCUT2D eigenvalue weighted by molar-refractivity contribution is 5.96. The maximum absolute atomic E-state index is 12.6. The van der Waals surface area contributed by atoms with Crippen LogP contribution in [-0.4, -0.2) is 29.8 Å².